The molecule has 7 nitrogen and oxygen atoms in total. The Bertz CT molecular complexity index is 1130. The van der Waals surface area contributed by atoms with Gasteiger partial charge in [-0.25, -0.2) is 0 Å². The van der Waals surface area contributed by atoms with E-state index >= 15 is 0 Å². The Labute approximate surface area is 187 Å². The maximum absolute atomic E-state index is 13.0. The Balaban J connectivity index is 1.26. The van der Waals surface area contributed by atoms with E-state index in [4.69, 9.17) is 8.94 Å². The second-order valence-corrected chi connectivity index (χ2v) is 9.11. The smallest absolute Gasteiger partial charge is 0.294 e. The number of amides is 2. The summed E-state index contributed by atoms with van der Waals surface area (Å²) in [4.78, 5) is 27.8. The van der Waals surface area contributed by atoms with Crippen LogP contribution in [0.1, 0.15) is 72.9 Å². The second kappa shape index (κ2) is 8.81. The van der Waals surface area contributed by atoms with Gasteiger partial charge in [0.2, 0.25) is 11.7 Å². The van der Waals surface area contributed by atoms with E-state index in [1.165, 1.54) is 6.42 Å². The van der Waals surface area contributed by atoms with Crippen molar-refractivity contribution in [3.63, 3.8) is 0 Å². The van der Waals surface area contributed by atoms with Crippen molar-refractivity contribution in [3.8, 4) is 0 Å². The molecule has 1 aliphatic carbocycles. The van der Waals surface area contributed by atoms with E-state index in [9.17, 15) is 9.59 Å². The van der Waals surface area contributed by atoms with Gasteiger partial charge >= 0.3 is 0 Å². The number of hydrogen-bond acceptors (Lipinski definition) is 5. The fourth-order valence-corrected chi connectivity index (χ4v) is 5.09. The molecule has 0 spiro atoms. The fraction of sp³-hybridized carbons (Fsp3) is 0.480. The SMILES string of the molecule is Cc1cc2cccc(NC(=O)c3cc([C@H]4CCCN(C(=O)C5CCCCC5)C4)no3)c2o1. The van der Waals surface area contributed by atoms with Gasteiger partial charge in [-0.3, -0.25) is 9.59 Å². The van der Waals surface area contributed by atoms with Gasteiger partial charge in [0.05, 0.1) is 11.4 Å². The Hall–Kier alpha value is -3.09. The van der Waals surface area contributed by atoms with Gasteiger partial charge in [0.1, 0.15) is 5.76 Å². The first-order valence-electron chi connectivity index (χ1n) is 11.6. The number of para-hydroxylation sites is 1. The van der Waals surface area contributed by atoms with Crippen molar-refractivity contribution < 1.29 is 18.5 Å². The average Bonchev–Trinajstić information content (AvgIpc) is 3.46. The van der Waals surface area contributed by atoms with Crippen molar-refractivity contribution in [2.45, 2.75) is 57.8 Å². The fourth-order valence-electron chi connectivity index (χ4n) is 5.09. The molecule has 1 saturated carbocycles. The monoisotopic (exact) mass is 435 g/mol. The van der Waals surface area contributed by atoms with Crippen LogP contribution < -0.4 is 5.32 Å². The maximum Gasteiger partial charge on any atom is 0.294 e. The standard InChI is InChI=1S/C25H29N3O4/c1-16-13-18-9-5-11-20(23(18)31-16)26-24(29)22-14-21(27-32-22)19-10-6-12-28(15-19)25(30)17-7-3-2-4-8-17/h5,9,11,13-14,17,19H,2-4,6-8,10,12,15H2,1H3,(H,26,29)/t19-/m0/s1. The zero-order chi connectivity index (χ0) is 22.1. The number of nitrogens with one attached hydrogen (secondary N) is 1. The topological polar surface area (TPSA) is 88.6 Å². The first-order chi connectivity index (χ1) is 15.6. The Morgan fingerprint density at radius 2 is 1.94 bits per heavy atom. The van der Waals surface area contributed by atoms with Crippen molar-refractivity contribution >= 4 is 28.5 Å². The van der Waals surface area contributed by atoms with Gasteiger partial charge in [-0.05, 0) is 44.7 Å². The van der Waals surface area contributed by atoms with Gasteiger partial charge in [-0.2, -0.15) is 0 Å². The molecule has 0 unspecified atom stereocenters. The summed E-state index contributed by atoms with van der Waals surface area (Å²) >= 11 is 0. The Morgan fingerprint density at radius 3 is 2.78 bits per heavy atom. The predicted octanol–water partition coefficient (Wildman–Crippen LogP) is 5.27. The van der Waals surface area contributed by atoms with Crippen molar-refractivity contribution in [2.75, 3.05) is 18.4 Å². The zero-order valence-electron chi connectivity index (χ0n) is 18.4. The van der Waals surface area contributed by atoms with Gasteiger partial charge in [-0.15, -0.1) is 0 Å². The number of rotatable bonds is 4. The minimum absolute atomic E-state index is 0.0951. The lowest BCUT2D eigenvalue weighted by Crippen LogP contribution is -2.42. The molecule has 1 saturated heterocycles. The molecule has 168 valence electrons. The highest BCUT2D eigenvalue weighted by molar-refractivity contribution is 6.06. The number of benzene rings is 1. The summed E-state index contributed by atoms with van der Waals surface area (Å²) in [6.45, 7) is 3.33. The summed E-state index contributed by atoms with van der Waals surface area (Å²) in [6, 6.07) is 9.26. The predicted molar refractivity (Wildman–Crippen MR) is 121 cm³/mol. The van der Waals surface area contributed by atoms with Crippen LogP contribution in [0.3, 0.4) is 0 Å². The molecule has 2 amide bonds. The maximum atomic E-state index is 13.0. The summed E-state index contributed by atoms with van der Waals surface area (Å²) in [5.74, 6) is 1.14. The molecule has 32 heavy (non-hydrogen) atoms. The highest BCUT2D eigenvalue weighted by Crippen LogP contribution is 2.31. The van der Waals surface area contributed by atoms with Crippen molar-refractivity contribution in [3.05, 3.63) is 47.5 Å². The quantitative estimate of drug-likeness (QED) is 0.603. The van der Waals surface area contributed by atoms with Crippen molar-refractivity contribution in [1.82, 2.24) is 10.1 Å². The number of carbonyl (C=O) groups is 2. The second-order valence-electron chi connectivity index (χ2n) is 9.11. The molecule has 1 aromatic carbocycles. The van der Waals surface area contributed by atoms with Gasteiger partial charge < -0.3 is 19.2 Å². The van der Waals surface area contributed by atoms with Gasteiger partial charge in [0, 0.05) is 36.4 Å². The van der Waals surface area contributed by atoms with E-state index in [2.05, 4.69) is 10.5 Å². The Morgan fingerprint density at radius 1 is 1.09 bits per heavy atom. The first-order valence-corrected chi connectivity index (χ1v) is 11.6. The molecular formula is C25H29N3O4. The highest BCUT2D eigenvalue weighted by Gasteiger charge is 2.31. The molecule has 0 bridgehead atoms. The number of likely N-dealkylation sites (tertiary alicyclic amines) is 1. The van der Waals surface area contributed by atoms with Crippen LogP contribution in [0.5, 0.6) is 0 Å². The van der Waals surface area contributed by atoms with Crippen LogP contribution in [0.15, 0.2) is 39.3 Å². The van der Waals surface area contributed by atoms with E-state index in [-0.39, 0.29) is 29.4 Å². The summed E-state index contributed by atoms with van der Waals surface area (Å²) in [7, 11) is 0. The summed E-state index contributed by atoms with van der Waals surface area (Å²) in [5.41, 5.74) is 1.98. The third kappa shape index (κ3) is 4.16. The number of aromatic nitrogens is 1. The van der Waals surface area contributed by atoms with E-state index < -0.39 is 0 Å². The molecule has 3 aromatic rings. The molecule has 2 aliphatic rings. The summed E-state index contributed by atoms with van der Waals surface area (Å²) in [5, 5.41) is 7.98. The average molecular weight is 436 g/mol. The van der Waals surface area contributed by atoms with E-state index in [1.54, 1.807) is 12.1 Å². The molecule has 2 aromatic heterocycles. The Kier molecular flexibility index (Phi) is 5.72. The van der Waals surface area contributed by atoms with Crippen LogP contribution >= 0.6 is 0 Å². The lowest BCUT2D eigenvalue weighted by molar-refractivity contribution is -0.137. The van der Waals surface area contributed by atoms with Gasteiger partial charge in [-0.1, -0.05) is 36.6 Å². The molecule has 0 radical (unpaired) electrons. The molecule has 7 heteroatoms. The van der Waals surface area contributed by atoms with Crippen LogP contribution in [-0.4, -0.2) is 35.0 Å². The first kappa shape index (κ1) is 20.8. The van der Waals surface area contributed by atoms with Crippen LogP contribution in [0.2, 0.25) is 0 Å². The summed E-state index contributed by atoms with van der Waals surface area (Å²) in [6.07, 6.45) is 7.45. The number of fused-ring (bicyclic) bond motifs is 1. The number of aryl methyl sites for hydroxylation is 1. The number of furan rings is 1. The van der Waals surface area contributed by atoms with Crippen LogP contribution in [0, 0.1) is 12.8 Å². The van der Waals surface area contributed by atoms with E-state index in [1.807, 2.05) is 30.0 Å². The molecule has 1 N–H and O–H groups in total. The molecule has 1 aliphatic heterocycles. The van der Waals surface area contributed by atoms with Crippen molar-refractivity contribution in [1.29, 1.82) is 0 Å². The number of hydrogen-bond donors (Lipinski definition) is 1. The molecule has 2 fully saturated rings. The van der Waals surface area contributed by atoms with Gasteiger partial charge in [0.15, 0.2) is 5.58 Å². The van der Waals surface area contributed by atoms with Crippen LogP contribution in [0.4, 0.5) is 5.69 Å². The van der Waals surface area contributed by atoms with Crippen LogP contribution in [-0.2, 0) is 4.79 Å². The molecular weight excluding hydrogens is 406 g/mol. The molecule has 1 atom stereocenters. The summed E-state index contributed by atoms with van der Waals surface area (Å²) < 4.78 is 11.1. The normalized spacial score (nSPS) is 19.9. The van der Waals surface area contributed by atoms with Crippen LogP contribution in [0.25, 0.3) is 11.0 Å². The highest BCUT2D eigenvalue weighted by atomic mass is 16.5. The largest absolute Gasteiger partial charge is 0.459 e. The third-order valence-electron chi connectivity index (χ3n) is 6.77. The lowest BCUT2D eigenvalue weighted by Gasteiger charge is -2.35. The number of nitrogens with zero attached hydrogens (tertiary/aromatic N) is 2. The molecule has 3 heterocycles. The van der Waals surface area contributed by atoms with Gasteiger partial charge in [0.25, 0.3) is 5.91 Å². The minimum Gasteiger partial charge on any atom is -0.459 e. The van der Waals surface area contributed by atoms with Crippen molar-refractivity contribution in [2.24, 2.45) is 5.92 Å². The number of carbonyl (C=O) groups excluding carboxylic acids is 2. The minimum atomic E-state index is -0.365. The third-order valence-corrected chi connectivity index (χ3v) is 6.77. The van der Waals surface area contributed by atoms with E-state index in [0.29, 0.717) is 17.8 Å². The number of piperidine rings is 1. The number of anilines is 1. The van der Waals surface area contributed by atoms with E-state index in [0.717, 1.165) is 61.9 Å². The lowest BCUT2D eigenvalue weighted by atomic mass is 9.87. The zero-order valence-corrected chi connectivity index (χ0v) is 18.4. The molecule has 5 rings (SSSR count).